The third kappa shape index (κ3) is 5.44. The van der Waals surface area contributed by atoms with Crippen LogP contribution in [0.3, 0.4) is 0 Å². The Bertz CT molecular complexity index is 405. The largest absolute Gasteiger partial charge is 0.352 e. The molecule has 1 saturated heterocycles. The first-order valence-electron chi connectivity index (χ1n) is 8.64. The minimum atomic E-state index is -0.246. The van der Waals surface area contributed by atoms with Gasteiger partial charge in [0.2, 0.25) is 11.8 Å². The second-order valence-electron chi connectivity index (χ2n) is 6.27. The SMILES string of the molecule is C/C=C\CCCCNCC(=O)N1CCCC1C(=O)NC1CC1. The smallest absolute Gasteiger partial charge is 0.243 e. The van der Waals surface area contributed by atoms with E-state index in [0.717, 1.165) is 51.5 Å². The minimum absolute atomic E-state index is 0.0414. The average Bonchev–Trinajstić information content (AvgIpc) is 3.18. The Morgan fingerprint density at radius 1 is 1.23 bits per heavy atom. The van der Waals surface area contributed by atoms with Crippen molar-refractivity contribution in [3.05, 3.63) is 12.2 Å². The van der Waals surface area contributed by atoms with Gasteiger partial charge in [-0.15, -0.1) is 0 Å². The molecule has 0 spiro atoms. The summed E-state index contributed by atoms with van der Waals surface area (Å²) >= 11 is 0. The van der Waals surface area contributed by atoms with Crippen molar-refractivity contribution in [3.63, 3.8) is 0 Å². The first kappa shape index (κ1) is 17.0. The van der Waals surface area contributed by atoms with Gasteiger partial charge in [-0.25, -0.2) is 0 Å². The number of hydrogen-bond donors (Lipinski definition) is 2. The lowest BCUT2D eigenvalue weighted by Crippen LogP contribution is -2.48. The molecule has 1 unspecified atom stereocenters. The van der Waals surface area contributed by atoms with Crippen LogP contribution in [-0.2, 0) is 9.59 Å². The third-order valence-corrected chi connectivity index (χ3v) is 4.29. The number of hydrogen-bond acceptors (Lipinski definition) is 3. The number of nitrogens with one attached hydrogen (secondary N) is 2. The van der Waals surface area contributed by atoms with Crippen LogP contribution in [0.1, 0.15) is 51.9 Å². The summed E-state index contributed by atoms with van der Waals surface area (Å²) < 4.78 is 0. The summed E-state index contributed by atoms with van der Waals surface area (Å²) in [5.74, 6) is 0.0987. The van der Waals surface area contributed by atoms with E-state index in [2.05, 4.69) is 22.8 Å². The van der Waals surface area contributed by atoms with E-state index in [4.69, 9.17) is 0 Å². The summed E-state index contributed by atoms with van der Waals surface area (Å²) in [6.07, 6.45) is 11.4. The lowest BCUT2D eigenvalue weighted by molar-refractivity contribution is -0.137. The highest BCUT2D eigenvalue weighted by Gasteiger charge is 2.36. The maximum absolute atomic E-state index is 12.3. The first-order chi connectivity index (χ1) is 10.7. The molecule has 5 heteroatoms. The van der Waals surface area contributed by atoms with Crippen molar-refractivity contribution in [1.29, 1.82) is 0 Å². The van der Waals surface area contributed by atoms with Crippen molar-refractivity contribution in [1.82, 2.24) is 15.5 Å². The van der Waals surface area contributed by atoms with Crippen molar-refractivity contribution in [2.75, 3.05) is 19.6 Å². The molecule has 2 amide bonds. The summed E-state index contributed by atoms with van der Waals surface area (Å²) in [5.41, 5.74) is 0. The fraction of sp³-hybridized carbons (Fsp3) is 0.765. The molecule has 2 N–H and O–H groups in total. The molecule has 2 rings (SSSR count). The van der Waals surface area contributed by atoms with Gasteiger partial charge in [-0.05, 0) is 58.4 Å². The Hall–Kier alpha value is -1.36. The monoisotopic (exact) mass is 307 g/mol. The Labute approximate surface area is 133 Å². The molecule has 1 heterocycles. The normalized spacial score (nSPS) is 21.5. The summed E-state index contributed by atoms with van der Waals surface area (Å²) in [6, 6.07) is 0.116. The Balaban J connectivity index is 1.63. The van der Waals surface area contributed by atoms with Crippen molar-refractivity contribution in [3.8, 4) is 0 Å². The fourth-order valence-corrected chi connectivity index (χ4v) is 2.84. The molecule has 2 aliphatic rings. The number of carbonyl (C=O) groups excluding carboxylic acids is 2. The zero-order chi connectivity index (χ0) is 15.8. The highest BCUT2D eigenvalue weighted by Crippen LogP contribution is 2.22. The maximum Gasteiger partial charge on any atom is 0.243 e. The van der Waals surface area contributed by atoms with Crippen LogP contribution in [-0.4, -0.2) is 48.4 Å². The third-order valence-electron chi connectivity index (χ3n) is 4.29. The minimum Gasteiger partial charge on any atom is -0.352 e. The zero-order valence-corrected chi connectivity index (χ0v) is 13.6. The summed E-state index contributed by atoms with van der Waals surface area (Å²) in [6.45, 7) is 3.94. The summed E-state index contributed by atoms with van der Waals surface area (Å²) in [5, 5.41) is 6.22. The van der Waals surface area contributed by atoms with E-state index in [1.54, 1.807) is 4.90 Å². The molecule has 2 fully saturated rings. The molecule has 1 aliphatic carbocycles. The lowest BCUT2D eigenvalue weighted by Gasteiger charge is -2.24. The van der Waals surface area contributed by atoms with Crippen LogP contribution < -0.4 is 10.6 Å². The Morgan fingerprint density at radius 3 is 2.77 bits per heavy atom. The number of amides is 2. The van der Waals surface area contributed by atoms with E-state index in [-0.39, 0.29) is 17.9 Å². The Morgan fingerprint density at radius 2 is 2.05 bits per heavy atom. The molecule has 0 bridgehead atoms. The van der Waals surface area contributed by atoms with Crippen LogP contribution in [0.15, 0.2) is 12.2 Å². The molecule has 0 radical (unpaired) electrons. The van der Waals surface area contributed by atoms with E-state index in [9.17, 15) is 9.59 Å². The van der Waals surface area contributed by atoms with Crippen LogP contribution in [0, 0.1) is 0 Å². The van der Waals surface area contributed by atoms with E-state index in [1.807, 2.05) is 6.92 Å². The van der Waals surface area contributed by atoms with Crippen molar-refractivity contribution in [2.45, 2.75) is 64.0 Å². The number of likely N-dealkylation sites (tertiary alicyclic amines) is 1. The predicted molar refractivity (Wildman–Crippen MR) is 87.4 cm³/mol. The maximum atomic E-state index is 12.3. The van der Waals surface area contributed by atoms with Crippen LogP contribution in [0.2, 0.25) is 0 Å². The fourth-order valence-electron chi connectivity index (χ4n) is 2.84. The van der Waals surface area contributed by atoms with Gasteiger partial charge in [0.25, 0.3) is 0 Å². The molecule has 22 heavy (non-hydrogen) atoms. The Kier molecular flexibility index (Phi) is 6.90. The lowest BCUT2D eigenvalue weighted by atomic mass is 10.2. The van der Waals surface area contributed by atoms with Gasteiger partial charge in [0.1, 0.15) is 6.04 Å². The van der Waals surface area contributed by atoms with Crippen molar-refractivity contribution >= 4 is 11.8 Å². The second-order valence-corrected chi connectivity index (χ2v) is 6.27. The quantitative estimate of drug-likeness (QED) is 0.502. The second kappa shape index (κ2) is 8.93. The molecule has 0 aromatic heterocycles. The number of nitrogens with zero attached hydrogens (tertiary/aromatic N) is 1. The van der Waals surface area contributed by atoms with Gasteiger partial charge in [0, 0.05) is 12.6 Å². The summed E-state index contributed by atoms with van der Waals surface area (Å²) in [4.78, 5) is 26.2. The molecular formula is C17H29N3O2. The van der Waals surface area contributed by atoms with E-state index in [1.165, 1.54) is 0 Å². The number of carbonyl (C=O) groups is 2. The van der Waals surface area contributed by atoms with Gasteiger partial charge in [-0.3, -0.25) is 9.59 Å². The summed E-state index contributed by atoms with van der Waals surface area (Å²) in [7, 11) is 0. The van der Waals surface area contributed by atoms with Crippen molar-refractivity contribution in [2.24, 2.45) is 0 Å². The number of unbranched alkanes of at least 4 members (excludes halogenated alkanes) is 2. The van der Waals surface area contributed by atoms with Crippen LogP contribution in [0.4, 0.5) is 0 Å². The van der Waals surface area contributed by atoms with Gasteiger partial charge in [0.15, 0.2) is 0 Å². The van der Waals surface area contributed by atoms with E-state index >= 15 is 0 Å². The van der Waals surface area contributed by atoms with Gasteiger partial charge < -0.3 is 15.5 Å². The molecule has 5 nitrogen and oxygen atoms in total. The standard InChI is InChI=1S/C17H29N3O2/c1-2-3-4-5-6-11-18-13-16(21)20-12-7-8-15(20)17(22)19-14-9-10-14/h2-3,14-15,18H,4-13H2,1H3,(H,19,22)/b3-2-. The van der Waals surface area contributed by atoms with Crippen LogP contribution >= 0.6 is 0 Å². The molecule has 1 saturated carbocycles. The van der Waals surface area contributed by atoms with Gasteiger partial charge >= 0.3 is 0 Å². The molecule has 1 aliphatic heterocycles. The number of allylic oxidation sites excluding steroid dienone is 2. The molecule has 124 valence electrons. The predicted octanol–water partition coefficient (Wildman–Crippen LogP) is 1.59. The van der Waals surface area contributed by atoms with Crippen LogP contribution in [0.5, 0.6) is 0 Å². The average molecular weight is 307 g/mol. The highest BCUT2D eigenvalue weighted by atomic mass is 16.2. The van der Waals surface area contributed by atoms with Crippen LogP contribution in [0.25, 0.3) is 0 Å². The van der Waals surface area contributed by atoms with Gasteiger partial charge in [-0.2, -0.15) is 0 Å². The molecule has 1 atom stereocenters. The molecule has 0 aromatic carbocycles. The van der Waals surface area contributed by atoms with E-state index < -0.39 is 0 Å². The highest BCUT2D eigenvalue weighted by molar-refractivity contribution is 5.89. The van der Waals surface area contributed by atoms with Gasteiger partial charge in [0.05, 0.1) is 6.54 Å². The topological polar surface area (TPSA) is 61.4 Å². The van der Waals surface area contributed by atoms with Gasteiger partial charge in [-0.1, -0.05) is 12.2 Å². The zero-order valence-electron chi connectivity index (χ0n) is 13.6. The van der Waals surface area contributed by atoms with E-state index in [0.29, 0.717) is 19.1 Å². The molecule has 0 aromatic rings. The van der Waals surface area contributed by atoms with Crippen molar-refractivity contribution < 1.29 is 9.59 Å². The number of rotatable bonds is 9. The first-order valence-corrected chi connectivity index (χ1v) is 8.64. The molecular weight excluding hydrogens is 278 g/mol.